The number of ether oxygens (including phenoxy) is 2. The van der Waals surface area contributed by atoms with E-state index in [4.69, 9.17) is 15.2 Å². The lowest BCUT2D eigenvalue weighted by molar-refractivity contribution is -0.0712. The van der Waals surface area contributed by atoms with E-state index in [1.54, 1.807) is 0 Å². The number of hydrogen-bond donors (Lipinski definition) is 1. The molecule has 0 saturated carbocycles. The van der Waals surface area contributed by atoms with Crippen molar-refractivity contribution >= 4 is 0 Å². The van der Waals surface area contributed by atoms with Gasteiger partial charge in [-0.15, -0.1) is 0 Å². The van der Waals surface area contributed by atoms with E-state index in [2.05, 4.69) is 37.8 Å². The van der Waals surface area contributed by atoms with Crippen molar-refractivity contribution < 1.29 is 9.47 Å². The van der Waals surface area contributed by atoms with Gasteiger partial charge in [0.1, 0.15) is 5.75 Å². The summed E-state index contributed by atoms with van der Waals surface area (Å²) in [7, 11) is 0. The maximum atomic E-state index is 6.06. The highest BCUT2D eigenvalue weighted by atomic mass is 16.5. The zero-order valence-electron chi connectivity index (χ0n) is 13.5. The monoisotopic (exact) mass is 292 g/mol. The molecule has 1 aromatic carbocycles. The molecule has 0 amide bonds. The molecule has 0 aromatic heterocycles. The van der Waals surface area contributed by atoms with E-state index in [9.17, 15) is 0 Å². The maximum absolute atomic E-state index is 6.06. The van der Waals surface area contributed by atoms with Crippen LogP contribution in [0.25, 0.3) is 0 Å². The van der Waals surface area contributed by atoms with Crippen LogP contribution in [0, 0.1) is 0 Å². The van der Waals surface area contributed by atoms with Crippen LogP contribution in [0.1, 0.15) is 38.8 Å². The second-order valence-corrected chi connectivity index (χ2v) is 6.23. The van der Waals surface area contributed by atoms with Gasteiger partial charge in [0.2, 0.25) is 0 Å². The molecule has 118 valence electrons. The average molecular weight is 292 g/mol. The molecule has 21 heavy (non-hydrogen) atoms. The van der Waals surface area contributed by atoms with Gasteiger partial charge in [-0.3, -0.25) is 4.90 Å². The van der Waals surface area contributed by atoms with Gasteiger partial charge < -0.3 is 15.2 Å². The highest BCUT2D eigenvalue weighted by Gasteiger charge is 2.35. The zero-order valence-corrected chi connectivity index (χ0v) is 13.5. The molecule has 1 saturated heterocycles. The van der Waals surface area contributed by atoms with E-state index in [0.29, 0.717) is 6.54 Å². The van der Waals surface area contributed by atoms with Crippen molar-refractivity contribution in [3.05, 3.63) is 29.8 Å². The van der Waals surface area contributed by atoms with Gasteiger partial charge >= 0.3 is 0 Å². The summed E-state index contributed by atoms with van der Waals surface area (Å²) >= 11 is 0. The van der Waals surface area contributed by atoms with Crippen LogP contribution in [0.2, 0.25) is 0 Å². The van der Waals surface area contributed by atoms with Crippen LogP contribution in [-0.4, -0.2) is 43.3 Å². The van der Waals surface area contributed by atoms with Crippen LogP contribution in [-0.2, 0) is 4.74 Å². The fourth-order valence-corrected chi connectivity index (χ4v) is 2.90. The number of morpholine rings is 1. The first kappa shape index (κ1) is 16.3. The summed E-state index contributed by atoms with van der Waals surface area (Å²) in [6, 6.07) is 8.58. The van der Waals surface area contributed by atoms with Gasteiger partial charge in [0.25, 0.3) is 0 Å². The van der Waals surface area contributed by atoms with Crippen molar-refractivity contribution in [1.29, 1.82) is 0 Å². The normalized spacial score (nSPS) is 20.2. The number of rotatable bonds is 6. The number of hydrogen-bond acceptors (Lipinski definition) is 4. The Morgan fingerprint density at radius 2 is 2.05 bits per heavy atom. The van der Waals surface area contributed by atoms with Gasteiger partial charge in [0.05, 0.1) is 19.8 Å². The molecule has 1 aliphatic heterocycles. The Morgan fingerprint density at radius 1 is 1.33 bits per heavy atom. The lowest BCUT2D eigenvalue weighted by Crippen LogP contribution is -2.55. The fraction of sp³-hybridized carbons (Fsp3) is 0.647. The minimum atomic E-state index is 0.0136. The van der Waals surface area contributed by atoms with Crippen molar-refractivity contribution in [1.82, 2.24) is 4.90 Å². The van der Waals surface area contributed by atoms with Crippen LogP contribution in [0.3, 0.4) is 0 Å². The minimum Gasteiger partial charge on any atom is -0.494 e. The van der Waals surface area contributed by atoms with Crippen LogP contribution in [0.5, 0.6) is 5.75 Å². The molecule has 2 N–H and O–H groups in total. The molecule has 2 rings (SSSR count). The maximum Gasteiger partial charge on any atom is 0.119 e. The second-order valence-electron chi connectivity index (χ2n) is 6.23. The van der Waals surface area contributed by atoms with Crippen LogP contribution < -0.4 is 10.5 Å². The predicted octanol–water partition coefficient (Wildman–Crippen LogP) is 2.59. The smallest absolute Gasteiger partial charge is 0.119 e. The van der Waals surface area contributed by atoms with E-state index < -0.39 is 0 Å². The van der Waals surface area contributed by atoms with Crippen molar-refractivity contribution in [3.63, 3.8) is 0 Å². The molecule has 1 aliphatic rings. The third-order valence-corrected chi connectivity index (χ3v) is 4.05. The van der Waals surface area contributed by atoms with E-state index in [1.165, 1.54) is 5.56 Å². The molecule has 0 radical (unpaired) electrons. The topological polar surface area (TPSA) is 47.7 Å². The molecule has 1 heterocycles. The third kappa shape index (κ3) is 3.96. The quantitative estimate of drug-likeness (QED) is 0.875. The molecule has 4 heteroatoms. The molecule has 1 aromatic rings. The second kappa shape index (κ2) is 7.25. The lowest BCUT2D eigenvalue weighted by atomic mass is 9.95. The molecule has 0 spiro atoms. The van der Waals surface area contributed by atoms with Gasteiger partial charge in [0.15, 0.2) is 0 Å². The Kier molecular flexibility index (Phi) is 5.62. The highest BCUT2D eigenvalue weighted by molar-refractivity contribution is 5.29. The van der Waals surface area contributed by atoms with E-state index in [-0.39, 0.29) is 11.6 Å². The number of benzene rings is 1. The summed E-state index contributed by atoms with van der Waals surface area (Å²) in [6.07, 6.45) is 1.02. The highest BCUT2D eigenvalue weighted by Crippen LogP contribution is 2.30. The lowest BCUT2D eigenvalue weighted by Gasteiger charge is -2.46. The summed E-state index contributed by atoms with van der Waals surface area (Å²) < 4.78 is 11.3. The Morgan fingerprint density at radius 3 is 2.62 bits per heavy atom. The zero-order chi connectivity index (χ0) is 15.3. The standard InChI is InChI=1S/C17H28N2O2/c1-4-10-21-15-7-5-14(6-8-15)16(12-18)19-9-11-20-13-17(19,2)3/h5-8,16H,4,9-13,18H2,1-3H3. The van der Waals surface area contributed by atoms with Crippen molar-refractivity contribution in [2.45, 2.75) is 38.8 Å². The molecule has 1 fully saturated rings. The molecule has 4 nitrogen and oxygen atoms in total. The van der Waals surface area contributed by atoms with Crippen molar-refractivity contribution in [2.75, 3.05) is 32.9 Å². The fourth-order valence-electron chi connectivity index (χ4n) is 2.90. The van der Waals surface area contributed by atoms with E-state index in [1.807, 2.05) is 12.1 Å². The van der Waals surface area contributed by atoms with E-state index >= 15 is 0 Å². The third-order valence-electron chi connectivity index (χ3n) is 4.05. The molecular formula is C17H28N2O2. The molecule has 0 aliphatic carbocycles. The first-order valence-electron chi connectivity index (χ1n) is 7.86. The van der Waals surface area contributed by atoms with Crippen LogP contribution >= 0.6 is 0 Å². The summed E-state index contributed by atoms with van der Waals surface area (Å²) in [5.74, 6) is 0.928. The van der Waals surface area contributed by atoms with Gasteiger partial charge in [0, 0.05) is 24.7 Å². The number of nitrogens with two attached hydrogens (primary N) is 1. The average Bonchev–Trinajstić information content (AvgIpc) is 2.48. The van der Waals surface area contributed by atoms with Crippen LogP contribution in [0.4, 0.5) is 0 Å². The van der Waals surface area contributed by atoms with Crippen molar-refractivity contribution in [2.24, 2.45) is 5.73 Å². The largest absolute Gasteiger partial charge is 0.494 e. The first-order chi connectivity index (χ1) is 10.1. The summed E-state index contributed by atoms with van der Waals surface area (Å²) in [5, 5.41) is 0. The Balaban J connectivity index is 2.13. The minimum absolute atomic E-state index is 0.0136. The van der Waals surface area contributed by atoms with Crippen molar-refractivity contribution in [3.8, 4) is 5.75 Å². The Hall–Kier alpha value is -1.10. The van der Waals surface area contributed by atoms with Gasteiger partial charge in [-0.2, -0.15) is 0 Å². The molecule has 0 bridgehead atoms. The number of nitrogens with zero attached hydrogens (tertiary/aromatic N) is 1. The van der Waals surface area contributed by atoms with Crippen LogP contribution in [0.15, 0.2) is 24.3 Å². The first-order valence-corrected chi connectivity index (χ1v) is 7.86. The Labute approximate surface area is 128 Å². The summed E-state index contributed by atoms with van der Waals surface area (Å²) in [4.78, 5) is 2.46. The molecule has 1 unspecified atom stereocenters. The van der Waals surface area contributed by atoms with Gasteiger partial charge in [-0.05, 0) is 38.0 Å². The van der Waals surface area contributed by atoms with E-state index in [0.717, 1.165) is 38.5 Å². The Bertz CT molecular complexity index is 431. The summed E-state index contributed by atoms with van der Waals surface area (Å²) in [5.41, 5.74) is 7.32. The molecule has 1 atom stereocenters. The summed E-state index contributed by atoms with van der Waals surface area (Å²) in [6.45, 7) is 10.4. The van der Waals surface area contributed by atoms with Gasteiger partial charge in [-0.1, -0.05) is 19.1 Å². The SMILES string of the molecule is CCCOc1ccc(C(CN)N2CCOCC2(C)C)cc1. The predicted molar refractivity (Wildman–Crippen MR) is 85.6 cm³/mol. The van der Waals surface area contributed by atoms with Gasteiger partial charge in [-0.25, -0.2) is 0 Å². The molecular weight excluding hydrogens is 264 g/mol.